The van der Waals surface area contributed by atoms with Gasteiger partial charge >= 0.3 is 11.9 Å². The van der Waals surface area contributed by atoms with Gasteiger partial charge in [-0.1, -0.05) is 25.1 Å². The van der Waals surface area contributed by atoms with Crippen LogP contribution in [0, 0.1) is 5.92 Å². The van der Waals surface area contributed by atoms with Gasteiger partial charge < -0.3 is 10.2 Å². The van der Waals surface area contributed by atoms with E-state index in [1.807, 2.05) is 0 Å². The number of carboxylic acid groups (broad SMARTS) is 2. The first-order chi connectivity index (χ1) is 10.7. The average Bonchev–Trinajstić information content (AvgIpc) is 2.45. The Labute approximate surface area is 134 Å². The van der Waals surface area contributed by atoms with E-state index in [0.29, 0.717) is 5.56 Å². The van der Waals surface area contributed by atoms with Gasteiger partial charge in [-0.25, -0.2) is 0 Å². The highest BCUT2D eigenvalue weighted by Gasteiger charge is 2.33. The molecule has 2 atom stereocenters. The number of carbonyl (C=O) groups is 4. The smallest absolute Gasteiger partial charge is 0.307 e. The number of hydrogen-bond acceptors (Lipinski definition) is 4. The second kappa shape index (κ2) is 7.67. The van der Waals surface area contributed by atoms with E-state index in [1.54, 1.807) is 13.0 Å². The van der Waals surface area contributed by atoms with Gasteiger partial charge in [-0.2, -0.15) is 0 Å². The van der Waals surface area contributed by atoms with Crippen LogP contribution in [0.1, 0.15) is 65.8 Å². The number of aliphatic carboxylic acids is 2. The molecule has 23 heavy (non-hydrogen) atoms. The maximum atomic E-state index is 12.0. The first kappa shape index (κ1) is 18.5. The van der Waals surface area contributed by atoms with Crippen molar-refractivity contribution < 1.29 is 29.4 Å². The molecule has 0 fully saturated rings. The van der Waals surface area contributed by atoms with Crippen LogP contribution in [-0.4, -0.2) is 33.7 Å². The van der Waals surface area contributed by atoms with Crippen LogP contribution in [-0.2, 0) is 9.59 Å². The Morgan fingerprint density at radius 3 is 2.04 bits per heavy atom. The molecule has 6 nitrogen and oxygen atoms in total. The highest BCUT2D eigenvalue weighted by atomic mass is 16.4. The molecule has 0 aromatic heterocycles. The van der Waals surface area contributed by atoms with Crippen molar-refractivity contribution >= 4 is 23.5 Å². The van der Waals surface area contributed by atoms with E-state index in [-0.39, 0.29) is 29.1 Å². The second-order valence-corrected chi connectivity index (χ2v) is 5.44. The molecular formula is C17H20O6. The van der Waals surface area contributed by atoms with E-state index < -0.39 is 30.2 Å². The van der Waals surface area contributed by atoms with Gasteiger partial charge in [0.05, 0.1) is 12.3 Å². The predicted molar refractivity (Wildman–Crippen MR) is 82.9 cm³/mol. The number of ketones is 2. The van der Waals surface area contributed by atoms with Crippen LogP contribution in [0.25, 0.3) is 0 Å². The van der Waals surface area contributed by atoms with E-state index in [9.17, 15) is 24.3 Å². The van der Waals surface area contributed by atoms with Gasteiger partial charge in [-0.15, -0.1) is 0 Å². The molecule has 0 aliphatic carbocycles. The third-order valence-electron chi connectivity index (χ3n) is 3.86. The molecule has 124 valence electrons. The number of hydrogen-bond donors (Lipinski definition) is 2. The third-order valence-corrected chi connectivity index (χ3v) is 3.86. The molecule has 1 aromatic carbocycles. The number of benzene rings is 1. The largest absolute Gasteiger partial charge is 0.481 e. The van der Waals surface area contributed by atoms with Crippen molar-refractivity contribution in [1.82, 2.24) is 0 Å². The Morgan fingerprint density at radius 1 is 1.04 bits per heavy atom. The first-order valence-corrected chi connectivity index (χ1v) is 7.30. The van der Waals surface area contributed by atoms with E-state index in [1.165, 1.54) is 26.0 Å². The summed E-state index contributed by atoms with van der Waals surface area (Å²) in [5.74, 6) is -4.82. The molecule has 0 aliphatic rings. The van der Waals surface area contributed by atoms with Gasteiger partial charge in [-0.3, -0.25) is 19.2 Å². The molecule has 6 heteroatoms. The molecule has 0 heterocycles. The SMILES string of the molecule is CCC(C(=O)O)C(CC(=O)O)c1cccc(C(C)=O)c1C(C)=O. The average molecular weight is 320 g/mol. The lowest BCUT2D eigenvalue weighted by molar-refractivity contribution is -0.144. The highest BCUT2D eigenvalue weighted by molar-refractivity contribution is 6.08. The fourth-order valence-electron chi connectivity index (χ4n) is 2.85. The van der Waals surface area contributed by atoms with Gasteiger partial charge in [0, 0.05) is 17.0 Å². The monoisotopic (exact) mass is 320 g/mol. The van der Waals surface area contributed by atoms with E-state index in [0.717, 1.165) is 0 Å². The minimum atomic E-state index is -1.16. The standard InChI is InChI=1S/C17H20O6/c1-4-11(17(22)23)14(8-15(20)21)13-7-5-6-12(9(2)18)16(13)10(3)19/h5-7,11,14H,4,8H2,1-3H3,(H,20,21)(H,22,23). The van der Waals surface area contributed by atoms with Crippen LogP contribution in [0.2, 0.25) is 0 Å². The Kier molecular flexibility index (Phi) is 6.18. The summed E-state index contributed by atoms with van der Waals surface area (Å²) in [7, 11) is 0. The first-order valence-electron chi connectivity index (χ1n) is 7.30. The quantitative estimate of drug-likeness (QED) is 0.713. The Balaban J connectivity index is 3.61. The lowest BCUT2D eigenvalue weighted by Gasteiger charge is -2.24. The summed E-state index contributed by atoms with van der Waals surface area (Å²) in [5.41, 5.74) is 0.610. The van der Waals surface area contributed by atoms with Crippen LogP contribution >= 0.6 is 0 Å². The zero-order valence-electron chi connectivity index (χ0n) is 13.3. The Hall–Kier alpha value is -2.50. The van der Waals surface area contributed by atoms with Gasteiger partial charge in [-0.05, 0) is 25.8 Å². The summed E-state index contributed by atoms with van der Waals surface area (Å²) in [6, 6.07) is 4.56. The molecule has 0 amide bonds. The second-order valence-electron chi connectivity index (χ2n) is 5.44. The number of rotatable bonds is 8. The predicted octanol–water partition coefficient (Wildman–Crippen LogP) is 2.76. The minimum Gasteiger partial charge on any atom is -0.481 e. The summed E-state index contributed by atoms with van der Waals surface area (Å²) in [5, 5.41) is 18.5. The van der Waals surface area contributed by atoms with E-state index in [2.05, 4.69) is 0 Å². The van der Waals surface area contributed by atoms with E-state index >= 15 is 0 Å². The van der Waals surface area contributed by atoms with Gasteiger partial charge in [0.2, 0.25) is 0 Å². The van der Waals surface area contributed by atoms with Gasteiger partial charge in [0.15, 0.2) is 11.6 Å². The van der Waals surface area contributed by atoms with Crippen molar-refractivity contribution in [1.29, 1.82) is 0 Å². The zero-order chi connectivity index (χ0) is 17.7. The summed E-state index contributed by atoms with van der Waals surface area (Å²) >= 11 is 0. The minimum absolute atomic E-state index is 0.117. The Morgan fingerprint density at radius 2 is 1.65 bits per heavy atom. The molecule has 1 aromatic rings. The van der Waals surface area contributed by atoms with Crippen LogP contribution in [0.3, 0.4) is 0 Å². The molecule has 0 saturated heterocycles. The van der Waals surface area contributed by atoms with Gasteiger partial charge in [0.25, 0.3) is 0 Å². The van der Waals surface area contributed by atoms with Crippen LogP contribution in [0.4, 0.5) is 0 Å². The third kappa shape index (κ3) is 4.25. The summed E-state index contributed by atoms with van der Waals surface area (Å²) in [6.07, 6.45) is -0.207. The molecule has 2 N–H and O–H groups in total. The van der Waals surface area contributed by atoms with Crippen molar-refractivity contribution in [2.24, 2.45) is 5.92 Å². The molecular weight excluding hydrogens is 300 g/mol. The fourth-order valence-corrected chi connectivity index (χ4v) is 2.85. The normalized spacial score (nSPS) is 13.2. The Bertz CT molecular complexity index is 646. The molecule has 0 bridgehead atoms. The lowest BCUT2D eigenvalue weighted by atomic mass is 9.78. The van der Waals surface area contributed by atoms with Crippen LogP contribution in [0.5, 0.6) is 0 Å². The van der Waals surface area contributed by atoms with Crippen molar-refractivity contribution in [3.05, 3.63) is 34.9 Å². The maximum Gasteiger partial charge on any atom is 0.307 e. The summed E-state index contributed by atoms with van der Waals surface area (Å²) in [4.78, 5) is 46.4. The van der Waals surface area contributed by atoms with Crippen molar-refractivity contribution in [2.45, 2.75) is 39.5 Å². The lowest BCUT2D eigenvalue weighted by Crippen LogP contribution is -2.26. The zero-order valence-corrected chi connectivity index (χ0v) is 13.3. The number of carbonyl (C=O) groups excluding carboxylic acids is 2. The van der Waals surface area contributed by atoms with Crippen molar-refractivity contribution in [3.63, 3.8) is 0 Å². The molecule has 0 spiro atoms. The summed E-state index contributed by atoms with van der Waals surface area (Å²) < 4.78 is 0. The fraction of sp³-hybridized carbons (Fsp3) is 0.412. The van der Waals surface area contributed by atoms with Crippen molar-refractivity contribution in [2.75, 3.05) is 0 Å². The number of Topliss-reactive ketones (excluding diaryl/α,β-unsaturated/α-hetero) is 2. The molecule has 0 saturated carbocycles. The van der Waals surface area contributed by atoms with Crippen LogP contribution in [0.15, 0.2) is 18.2 Å². The summed E-state index contributed by atoms with van der Waals surface area (Å²) in [6.45, 7) is 4.24. The number of carboxylic acids is 2. The molecule has 0 aliphatic heterocycles. The topological polar surface area (TPSA) is 109 Å². The highest BCUT2D eigenvalue weighted by Crippen LogP contribution is 2.34. The van der Waals surface area contributed by atoms with Gasteiger partial charge in [0.1, 0.15) is 0 Å². The maximum absolute atomic E-state index is 12.0. The molecule has 1 rings (SSSR count). The molecule has 0 radical (unpaired) electrons. The molecule has 2 unspecified atom stereocenters. The van der Waals surface area contributed by atoms with Crippen molar-refractivity contribution in [3.8, 4) is 0 Å². The van der Waals surface area contributed by atoms with Crippen LogP contribution < -0.4 is 0 Å². The van der Waals surface area contributed by atoms with E-state index in [4.69, 9.17) is 5.11 Å².